The third kappa shape index (κ3) is 3.94. The van der Waals surface area contributed by atoms with Gasteiger partial charge < -0.3 is 0 Å². The second-order valence-corrected chi connectivity index (χ2v) is 6.20. The zero-order chi connectivity index (χ0) is 16.1. The fourth-order valence-electron chi connectivity index (χ4n) is 2.71. The third-order valence-corrected chi connectivity index (χ3v) is 3.72. The van der Waals surface area contributed by atoms with E-state index < -0.39 is 0 Å². The first-order chi connectivity index (χ1) is 10.5. The van der Waals surface area contributed by atoms with Crippen LogP contribution in [0.25, 0.3) is 10.8 Å². The van der Waals surface area contributed by atoms with E-state index >= 15 is 0 Å². The molecule has 116 valence electrons. The number of hydrogen-bond acceptors (Lipinski definition) is 2. The molecular formula is C19H24N2O. The van der Waals surface area contributed by atoms with Gasteiger partial charge >= 0.3 is 0 Å². The highest BCUT2D eigenvalue weighted by atomic mass is 16.2. The monoisotopic (exact) mass is 296 g/mol. The number of carbonyl (C=O) groups is 1. The van der Waals surface area contributed by atoms with Crippen LogP contribution in [0.5, 0.6) is 0 Å². The zero-order valence-electron chi connectivity index (χ0n) is 13.8. The zero-order valence-corrected chi connectivity index (χ0v) is 13.8. The SMILES string of the molecule is CC(C)C(=NNC(=O)Cc1cccc2ccccc12)C(C)C. The van der Waals surface area contributed by atoms with Crippen molar-refractivity contribution in [1.82, 2.24) is 5.43 Å². The molecule has 2 aromatic rings. The Hall–Kier alpha value is -2.16. The van der Waals surface area contributed by atoms with Gasteiger partial charge in [-0.3, -0.25) is 4.79 Å². The Morgan fingerprint density at radius 2 is 1.64 bits per heavy atom. The van der Waals surface area contributed by atoms with E-state index in [4.69, 9.17) is 0 Å². The molecule has 0 aliphatic heterocycles. The molecule has 0 saturated carbocycles. The van der Waals surface area contributed by atoms with E-state index in [1.165, 1.54) is 0 Å². The smallest absolute Gasteiger partial charge is 0.244 e. The van der Waals surface area contributed by atoms with E-state index in [1.54, 1.807) is 0 Å². The number of amides is 1. The van der Waals surface area contributed by atoms with Gasteiger partial charge in [-0.05, 0) is 28.2 Å². The molecule has 0 aromatic heterocycles. The molecule has 3 heteroatoms. The predicted octanol–water partition coefficient (Wildman–Crippen LogP) is 4.17. The summed E-state index contributed by atoms with van der Waals surface area (Å²) in [5, 5.41) is 6.59. The Bertz CT molecular complexity index is 671. The minimum atomic E-state index is -0.0739. The number of carbonyl (C=O) groups excluding carboxylic acids is 1. The lowest BCUT2D eigenvalue weighted by molar-refractivity contribution is -0.120. The molecule has 0 saturated heterocycles. The summed E-state index contributed by atoms with van der Waals surface area (Å²) in [6.07, 6.45) is 0.342. The van der Waals surface area contributed by atoms with E-state index in [9.17, 15) is 4.79 Å². The lowest BCUT2D eigenvalue weighted by atomic mass is 9.98. The average Bonchev–Trinajstić information content (AvgIpc) is 2.47. The standard InChI is InChI=1S/C19H24N2O/c1-13(2)19(14(3)4)21-20-18(22)12-16-10-7-9-15-8-5-6-11-17(15)16/h5-11,13-14H,12H2,1-4H3,(H,20,22). The molecule has 0 fully saturated rings. The van der Waals surface area contributed by atoms with Crippen LogP contribution in [-0.2, 0) is 11.2 Å². The van der Waals surface area contributed by atoms with Crippen molar-refractivity contribution in [3.05, 3.63) is 48.0 Å². The van der Waals surface area contributed by atoms with Gasteiger partial charge in [0.15, 0.2) is 0 Å². The van der Waals surface area contributed by atoms with Gasteiger partial charge in [-0.25, -0.2) is 5.43 Å². The van der Waals surface area contributed by atoms with Crippen LogP contribution in [0.1, 0.15) is 33.3 Å². The van der Waals surface area contributed by atoms with Crippen molar-refractivity contribution in [2.75, 3.05) is 0 Å². The first-order valence-corrected chi connectivity index (χ1v) is 7.82. The number of nitrogens with zero attached hydrogens (tertiary/aromatic N) is 1. The number of hydrogen-bond donors (Lipinski definition) is 1. The molecule has 2 rings (SSSR count). The number of nitrogens with one attached hydrogen (secondary N) is 1. The summed E-state index contributed by atoms with van der Waals surface area (Å²) < 4.78 is 0. The van der Waals surface area contributed by atoms with Crippen LogP contribution in [0.3, 0.4) is 0 Å². The molecule has 0 aliphatic carbocycles. The van der Waals surface area contributed by atoms with Crippen molar-refractivity contribution in [2.24, 2.45) is 16.9 Å². The van der Waals surface area contributed by atoms with Gasteiger partial charge in [0.25, 0.3) is 0 Å². The van der Waals surface area contributed by atoms with Gasteiger partial charge in [-0.2, -0.15) is 5.10 Å². The van der Waals surface area contributed by atoms with Crippen LogP contribution in [-0.4, -0.2) is 11.6 Å². The highest BCUT2D eigenvalue weighted by Crippen LogP contribution is 2.18. The second kappa shape index (κ2) is 7.21. The number of benzene rings is 2. The van der Waals surface area contributed by atoms with Gasteiger partial charge in [0.05, 0.1) is 6.42 Å². The molecule has 2 aromatic carbocycles. The molecule has 0 bridgehead atoms. The molecule has 22 heavy (non-hydrogen) atoms. The Labute approximate surface area is 132 Å². The third-order valence-electron chi connectivity index (χ3n) is 3.72. The highest BCUT2D eigenvalue weighted by molar-refractivity contribution is 5.92. The van der Waals surface area contributed by atoms with Gasteiger partial charge in [0.1, 0.15) is 0 Å². The summed E-state index contributed by atoms with van der Waals surface area (Å²) in [7, 11) is 0. The number of hydrazone groups is 1. The topological polar surface area (TPSA) is 41.5 Å². The predicted molar refractivity (Wildman–Crippen MR) is 92.9 cm³/mol. The Morgan fingerprint density at radius 3 is 2.32 bits per heavy atom. The van der Waals surface area contributed by atoms with Gasteiger partial charge in [0, 0.05) is 5.71 Å². The molecule has 1 amide bonds. The molecular weight excluding hydrogens is 272 g/mol. The van der Waals surface area contributed by atoms with E-state index in [0.29, 0.717) is 18.3 Å². The maximum Gasteiger partial charge on any atom is 0.244 e. The van der Waals surface area contributed by atoms with Crippen LogP contribution >= 0.6 is 0 Å². The summed E-state index contributed by atoms with van der Waals surface area (Å²) in [4.78, 5) is 12.2. The molecule has 0 spiro atoms. The highest BCUT2D eigenvalue weighted by Gasteiger charge is 2.11. The fraction of sp³-hybridized carbons (Fsp3) is 0.368. The fourth-order valence-corrected chi connectivity index (χ4v) is 2.71. The summed E-state index contributed by atoms with van der Waals surface area (Å²) in [6.45, 7) is 8.37. The molecule has 0 aliphatic rings. The minimum Gasteiger partial charge on any atom is -0.273 e. The van der Waals surface area contributed by atoms with Crippen LogP contribution in [0.2, 0.25) is 0 Å². The molecule has 0 radical (unpaired) electrons. The molecule has 0 atom stereocenters. The van der Waals surface area contributed by atoms with Crippen LogP contribution in [0, 0.1) is 11.8 Å². The van der Waals surface area contributed by atoms with Crippen LogP contribution in [0.15, 0.2) is 47.6 Å². The first-order valence-electron chi connectivity index (χ1n) is 7.82. The Kier molecular flexibility index (Phi) is 5.31. The number of rotatable bonds is 5. The first kappa shape index (κ1) is 16.2. The quantitative estimate of drug-likeness (QED) is 0.653. The summed E-state index contributed by atoms with van der Waals surface area (Å²) in [6, 6.07) is 14.2. The van der Waals surface area contributed by atoms with E-state index in [0.717, 1.165) is 22.0 Å². The molecule has 0 heterocycles. The lowest BCUT2D eigenvalue weighted by Crippen LogP contribution is -2.25. The minimum absolute atomic E-state index is 0.0739. The van der Waals surface area contributed by atoms with E-state index in [1.807, 2.05) is 24.3 Å². The molecule has 3 nitrogen and oxygen atoms in total. The van der Waals surface area contributed by atoms with Crippen molar-refractivity contribution in [3.8, 4) is 0 Å². The van der Waals surface area contributed by atoms with Gasteiger partial charge in [-0.1, -0.05) is 70.2 Å². The normalized spacial score (nSPS) is 11.0. The van der Waals surface area contributed by atoms with E-state index in [2.05, 4.69) is 56.4 Å². The van der Waals surface area contributed by atoms with Gasteiger partial charge in [-0.15, -0.1) is 0 Å². The van der Waals surface area contributed by atoms with Crippen molar-refractivity contribution in [3.63, 3.8) is 0 Å². The summed E-state index contributed by atoms with van der Waals surface area (Å²) >= 11 is 0. The summed E-state index contributed by atoms with van der Waals surface area (Å²) in [5.41, 5.74) is 4.76. The molecule has 1 N–H and O–H groups in total. The van der Waals surface area contributed by atoms with Crippen LogP contribution < -0.4 is 5.43 Å². The largest absolute Gasteiger partial charge is 0.273 e. The average molecular weight is 296 g/mol. The second-order valence-electron chi connectivity index (χ2n) is 6.20. The van der Waals surface area contributed by atoms with E-state index in [-0.39, 0.29) is 5.91 Å². The van der Waals surface area contributed by atoms with Crippen molar-refractivity contribution < 1.29 is 4.79 Å². The Morgan fingerprint density at radius 1 is 1.00 bits per heavy atom. The van der Waals surface area contributed by atoms with Crippen molar-refractivity contribution in [1.29, 1.82) is 0 Å². The van der Waals surface area contributed by atoms with Gasteiger partial charge in [0.2, 0.25) is 5.91 Å². The molecule has 0 unspecified atom stereocenters. The maximum absolute atomic E-state index is 12.2. The van der Waals surface area contributed by atoms with Crippen LogP contribution in [0.4, 0.5) is 0 Å². The lowest BCUT2D eigenvalue weighted by Gasteiger charge is -2.13. The van der Waals surface area contributed by atoms with Crippen molar-refractivity contribution >= 4 is 22.4 Å². The van der Waals surface area contributed by atoms with Crippen molar-refractivity contribution in [2.45, 2.75) is 34.1 Å². The Balaban J connectivity index is 2.13. The maximum atomic E-state index is 12.2. The number of fused-ring (bicyclic) bond motifs is 1. The summed E-state index contributed by atoms with van der Waals surface area (Å²) in [5.74, 6) is 0.589.